The molecule has 0 aromatic heterocycles. The maximum Gasteiger partial charge on any atom is 0.162 e. The zero-order valence-corrected chi connectivity index (χ0v) is 23.3. The first-order valence-corrected chi connectivity index (χ1v) is 13.6. The predicted octanol–water partition coefficient (Wildman–Crippen LogP) is 2.65. The van der Waals surface area contributed by atoms with Gasteiger partial charge >= 0.3 is 0 Å². The Kier molecular flexibility index (Phi) is 9.07. The number of phenols is 2. The molecule has 0 spiro atoms. The fourth-order valence-corrected chi connectivity index (χ4v) is 5.85. The van der Waals surface area contributed by atoms with E-state index in [9.17, 15) is 30.6 Å². The minimum Gasteiger partial charge on any atom is -0.507 e. The number of rotatable bonds is 11. The lowest BCUT2D eigenvalue weighted by atomic mass is 9.84. The van der Waals surface area contributed by atoms with Gasteiger partial charge in [-0.2, -0.15) is 0 Å². The highest BCUT2D eigenvalue weighted by Crippen LogP contribution is 2.51. The summed E-state index contributed by atoms with van der Waals surface area (Å²) in [5.41, 5.74) is 2.59. The van der Waals surface area contributed by atoms with Gasteiger partial charge in [0.15, 0.2) is 29.1 Å². The Morgan fingerprint density at radius 1 is 0.762 bits per heavy atom. The topological polar surface area (TPSA) is 168 Å². The molecule has 0 aliphatic carbocycles. The molecule has 11 heteroatoms. The van der Waals surface area contributed by atoms with Crippen molar-refractivity contribution in [1.29, 1.82) is 0 Å². The minimum atomic E-state index is -1.24. The quantitative estimate of drug-likeness (QED) is 0.196. The summed E-state index contributed by atoms with van der Waals surface area (Å²) in [5.74, 6) is 0.663. The molecule has 5 rings (SSSR count). The lowest BCUT2D eigenvalue weighted by Gasteiger charge is -2.25. The highest BCUT2D eigenvalue weighted by atomic mass is 16.5. The predicted molar refractivity (Wildman–Crippen MR) is 148 cm³/mol. The van der Waals surface area contributed by atoms with E-state index >= 15 is 0 Å². The molecular weight excluding hydrogens is 548 g/mol. The molecule has 2 saturated heterocycles. The van der Waals surface area contributed by atoms with Crippen LogP contribution in [0.15, 0.2) is 48.5 Å². The van der Waals surface area contributed by atoms with E-state index in [1.165, 1.54) is 32.4 Å². The van der Waals surface area contributed by atoms with Gasteiger partial charge in [0.05, 0.1) is 59.5 Å². The SMILES string of the molecule is COc1cc(C(O)C(CO)Oc2cc(C3OCC4C(c5cc(CO)c(O)c(CO)c5)OCC34)ccc2OC)ccc1O. The molecule has 3 aromatic rings. The summed E-state index contributed by atoms with van der Waals surface area (Å²) < 4.78 is 29.1. The zero-order valence-electron chi connectivity index (χ0n) is 23.3. The third-order valence-corrected chi connectivity index (χ3v) is 8.10. The largest absolute Gasteiger partial charge is 0.507 e. The van der Waals surface area contributed by atoms with Gasteiger partial charge in [-0.15, -0.1) is 0 Å². The van der Waals surface area contributed by atoms with Crippen molar-refractivity contribution in [2.24, 2.45) is 11.8 Å². The monoisotopic (exact) mass is 584 g/mol. The van der Waals surface area contributed by atoms with Crippen LogP contribution in [0.25, 0.3) is 0 Å². The Morgan fingerprint density at radius 2 is 1.38 bits per heavy atom. The van der Waals surface area contributed by atoms with Gasteiger partial charge in [0, 0.05) is 23.0 Å². The summed E-state index contributed by atoms with van der Waals surface area (Å²) in [5, 5.41) is 60.6. The smallest absolute Gasteiger partial charge is 0.162 e. The minimum absolute atomic E-state index is 0.0103. The molecule has 2 aliphatic heterocycles. The highest BCUT2D eigenvalue weighted by Gasteiger charge is 2.48. The summed E-state index contributed by atoms with van der Waals surface area (Å²) in [7, 11) is 2.89. The van der Waals surface area contributed by atoms with E-state index in [1.54, 1.807) is 24.3 Å². The van der Waals surface area contributed by atoms with E-state index in [-0.39, 0.29) is 54.5 Å². The summed E-state index contributed by atoms with van der Waals surface area (Å²) >= 11 is 0. The molecule has 42 heavy (non-hydrogen) atoms. The van der Waals surface area contributed by atoms with E-state index in [4.69, 9.17) is 23.7 Å². The second kappa shape index (κ2) is 12.7. The Labute approximate surface area is 243 Å². The first-order chi connectivity index (χ1) is 20.3. The average Bonchev–Trinajstić information content (AvgIpc) is 3.62. The molecule has 3 aromatic carbocycles. The fourth-order valence-electron chi connectivity index (χ4n) is 5.85. The number of hydrogen-bond acceptors (Lipinski definition) is 11. The van der Waals surface area contributed by atoms with Gasteiger partial charge in [-0.1, -0.05) is 12.1 Å². The number of aromatic hydroxyl groups is 2. The third-order valence-electron chi connectivity index (χ3n) is 8.10. The summed E-state index contributed by atoms with van der Waals surface area (Å²) in [6.45, 7) is -0.425. The summed E-state index contributed by atoms with van der Waals surface area (Å²) in [6, 6.07) is 13.1. The molecule has 2 aliphatic rings. The highest BCUT2D eigenvalue weighted by molar-refractivity contribution is 5.46. The van der Waals surface area contributed by atoms with Crippen LogP contribution >= 0.6 is 0 Å². The number of benzene rings is 3. The van der Waals surface area contributed by atoms with Crippen LogP contribution in [0.1, 0.15) is 46.1 Å². The number of ether oxygens (including phenoxy) is 5. The lowest BCUT2D eigenvalue weighted by molar-refractivity contribution is -0.00102. The van der Waals surface area contributed by atoms with Gasteiger partial charge in [0.2, 0.25) is 0 Å². The van der Waals surface area contributed by atoms with Crippen molar-refractivity contribution in [1.82, 2.24) is 0 Å². The number of fused-ring (bicyclic) bond motifs is 1. The molecule has 2 fully saturated rings. The Balaban J connectivity index is 1.37. The van der Waals surface area contributed by atoms with Crippen LogP contribution in [-0.4, -0.2) is 70.8 Å². The fraction of sp³-hybridized carbons (Fsp3) is 0.419. The standard InChI is InChI=1S/C31H36O11/c1-38-24-6-4-17(10-26(24)42-27(13-34)29(37)16-3-5-23(35)25(9-16)39-2)30-21-14-41-31(22(21)15-40-30)18-7-19(11-32)28(36)20(8-18)12-33/h3-10,21-22,27,29-37H,11-15H2,1-2H3. The Morgan fingerprint density at radius 3 is 1.95 bits per heavy atom. The van der Waals surface area contributed by atoms with E-state index in [0.29, 0.717) is 41.4 Å². The second-order valence-corrected chi connectivity index (χ2v) is 10.5. The molecular formula is C31H36O11. The zero-order chi connectivity index (χ0) is 30.0. The summed E-state index contributed by atoms with van der Waals surface area (Å²) in [4.78, 5) is 0. The molecule has 0 saturated carbocycles. The van der Waals surface area contributed by atoms with Gasteiger partial charge in [-0.25, -0.2) is 0 Å². The van der Waals surface area contributed by atoms with Crippen molar-refractivity contribution in [3.63, 3.8) is 0 Å². The van der Waals surface area contributed by atoms with Crippen molar-refractivity contribution < 1.29 is 54.3 Å². The van der Waals surface area contributed by atoms with E-state index in [0.717, 1.165) is 11.1 Å². The molecule has 6 unspecified atom stereocenters. The number of aliphatic hydroxyl groups excluding tert-OH is 4. The Hall–Kier alpha value is -3.58. The number of phenolic OH excluding ortho intramolecular Hbond substituents is 1. The molecule has 6 N–H and O–H groups in total. The molecule has 6 atom stereocenters. The molecule has 226 valence electrons. The number of aliphatic hydroxyl groups is 4. The normalized spacial score (nSPS) is 22.9. The molecule has 2 heterocycles. The third kappa shape index (κ3) is 5.59. The van der Waals surface area contributed by atoms with E-state index < -0.39 is 18.8 Å². The van der Waals surface area contributed by atoms with Crippen LogP contribution in [0.5, 0.6) is 28.7 Å². The first kappa shape index (κ1) is 29.9. The molecule has 0 bridgehead atoms. The Bertz CT molecular complexity index is 1370. The maximum absolute atomic E-state index is 11.0. The van der Waals surface area contributed by atoms with Gasteiger partial charge in [-0.05, 0) is 53.1 Å². The van der Waals surface area contributed by atoms with E-state index in [2.05, 4.69) is 0 Å². The van der Waals surface area contributed by atoms with Crippen molar-refractivity contribution in [3.8, 4) is 28.7 Å². The van der Waals surface area contributed by atoms with Gasteiger partial charge in [-0.3, -0.25) is 0 Å². The van der Waals surface area contributed by atoms with Crippen LogP contribution in [0.4, 0.5) is 0 Å². The molecule has 11 nitrogen and oxygen atoms in total. The van der Waals surface area contributed by atoms with Crippen LogP contribution in [0, 0.1) is 11.8 Å². The van der Waals surface area contributed by atoms with Crippen molar-refractivity contribution in [2.45, 2.75) is 37.6 Å². The van der Waals surface area contributed by atoms with Gasteiger partial charge < -0.3 is 54.3 Å². The lowest BCUT2D eigenvalue weighted by Crippen LogP contribution is -2.29. The van der Waals surface area contributed by atoms with Gasteiger partial charge in [0.25, 0.3) is 0 Å². The average molecular weight is 585 g/mol. The summed E-state index contributed by atoms with van der Waals surface area (Å²) in [6.07, 6.45) is -2.98. The number of methoxy groups -OCH3 is 2. The van der Waals surface area contributed by atoms with Crippen LogP contribution < -0.4 is 14.2 Å². The van der Waals surface area contributed by atoms with Gasteiger partial charge in [0.1, 0.15) is 11.9 Å². The first-order valence-electron chi connectivity index (χ1n) is 13.6. The second-order valence-electron chi connectivity index (χ2n) is 10.5. The van der Waals surface area contributed by atoms with Crippen LogP contribution in [0.3, 0.4) is 0 Å². The molecule has 0 radical (unpaired) electrons. The number of hydrogen-bond donors (Lipinski definition) is 6. The van der Waals surface area contributed by atoms with Crippen molar-refractivity contribution in [3.05, 3.63) is 76.3 Å². The molecule has 0 amide bonds. The van der Waals surface area contributed by atoms with Crippen LogP contribution in [-0.2, 0) is 22.7 Å². The van der Waals surface area contributed by atoms with E-state index in [1.807, 2.05) is 6.07 Å². The van der Waals surface area contributed by atoms with Crippen LogP contribution in [0.2, 0.25) is 0 Å². The maximum atomic E-state index is 11.0. The van der Waals surface area contributed by atoms with Crippen molar-refractivity contribution >= 4 is 0 Å². The van der Waals surface area contributed by atoms with Crippen molar-refractivity contribution in [2.75, 3.05) is 34.0 Å².